The number of likely N-dealkylation sites (N-methyl/N-ethyl adjacent to an activating group) is 1. The smallest absolute Gasteiger partial charge is 0.269 e. The van der Waals surface area contributed by atoms with Crippen molar-refractivity contribution in [3.05, 3.63) is 24.0 Å². The summed E-state index contributed by atoms with van der Waals surface area (Å²) in [4.78, 5) is 17.8. The van der Waals surface area contributed by atoms with Crippen molar-refractivity contribution >= 4 is 11.6 Å². The first-order valence-corrected chi connectivity index (χ1v) is 5.80. The Morgan fingerprint density at radius 2 is 2.33 bits per heavy atom. The van der Waals surface area contributed by atoms with Crippen molar-refractivity contribution in [1.82, 2.24) is 15.2 Å². The largest absolute Gasteiger partial charge is 0.399 e. The van der Waals surface area contributed by atoms with Crippen LogP contribution in [0.5, 0.6) is 0 Å². The fraction of sp³-hybridized carbons (Fsp3) is 0.500. The van der Waals surface area contributed by atoms with Gasteiger partial charge in [0.2, 0.25) is 0 Å². The first kappa shape index (κ1) is 14.4. The highest BCUT2D eigenvalue weighted by atomic mass is 16.5. The van der Waals surface area contributed by atoms with Crippen molar-refractivity contribution in [2.75, 3.05) is 46.1 Å². The lowest BCUT2D eigenvalue weighted by Crippen LogP contribution is -2.34. The van der Waals surface area contributed by atoms with Gasteiger partial charge in [0.05, 0.1) is 6.61 Å². The number of nitrogens with two attached hydrogens (primary N) is 1. The zero-order valence-corrected chi connectivity index (χ0v) is 10.8. The number of pyridine rings is 1. The predicted molar refractivity (Wildman–Crippen MR) is 70.4 cm³/mol. The van der Waals surface area contributed by atoms with Crippen LogP contribution in [0.2, 0.25) is 0 Å². The number of nitrogens with one attached hydrogen (secondary N) is 1. The number of nitrogen functional groups attached to an aromatic ring is 1. The van der Waals surface area contributed by atoms with Crippen LogP contribution in [-0.4, -0.2) is 56.2 Å². The fourth-order valence-electron chi connectivity index (χ4n) is 1.38. The number of aromatic nitrogens is 1. The molecule has 1 aromatic rings. The molecule has 0 aliphatic rings. The Kier molecular flexibility index (Phi) is 6.10. The molecule has 18 heavy (non-hydrogen) atoms. The van der Waals surface area contributed by atoms with Crippen LogP contribution in [0, 0.1) is 0 Å². The van der Waals surface area contributed by atoms with Gasteiger partial charge >= 0.3 is 0 Å². The van der Waals surface area contributed by atoms with Crippen molar-refractivity contribution in [3.8, 4) is 0 Å². The molecule has 1 heterocycles. The number of amides is 1. The van der Waals surface area contributed by atoms with Gasteiger partial charge in [-0.05, 0) is 19.2 Å². The molecular formula is C12H20N4O2. The maximum atomic E-state index is 11.7. The molecule has 0 aromatic carbocycles. The summed E-state index contributed by atoms with van der Waals surface area (Å²) >= 11 is 0. The van der Waals surface area contributed by atoms with Gasteiger partial charge in [-0.3, -0.25) is 9.78 Å². The standard InChI is InChI=1S/C12H20N4O2/c1-16(7-8-18-2)6-5-15-12(17)11-9-10(13)3-4-14-11/h3-4,9H,5-8H2,1-2H3,(H2,13,14)(H,15,17). The molecule has 0 saturated carbocycles. The Labute approximate surface area is 107 Å². The van der Waals surface area contributed by atoms with E-state index in [1.807, 2.05) is 7.05 Å². The average Bonchev–Trinajstić information content (AvgIpc) is 2.36. The van der Waals surface area contributed by atoms with E-state index in [1.54, 1.807) is 19.2 Å². The first-order valence-electron chi connectivity index (χ1n) is 5.80. The molecule has 0 spiro atoms. The van der Waals surface area contributed by atoms with Gasteiger partial charge in [0.15, 0.2) is 0 Å². The molecule has 6 heteroatoms. The molecule has 0 radical (unpaired) electrons. The number of carbonyl (C=O) groups excluding carboxylic acids is 1. The van der Waals surface area contributed by atoms with Gasteiger partial charge in [0, 0.05) is 38.6 Å². The highest BCUT2D eigenvalue weighted by Crippen LogP contribution is 2.02. The Hall–Kier alpha value is -1.66. The van der Waals surface area contributed by atoms with Gasteiger partial charge in [-0.1, -0.05) is 0 Å². The van der Waals surface area contributed by atoms with Gasteiger partial charge in [-0.25, -0.2) is 0 Å². The average molecular weight is 252 g/mol. The van der Waals surface area contributed by atoms with Gasteiger partial charge in [0.1, 0.15) is 5.69 Å². The van der Waals surface area contributed by atoms with Crippen molar-refractivity contribution < 1.29 is 9.53 Å². The van der Waals surface area contributed by atoms with E-state index < -0.39 is 0 Å². The van der Waals surface area contributed by atoms with Crippen LogP contribution in [0.25, 0.3) is 0 Å². The summed E-state index contributed by atoms with van der Waals surface area (Å²) in [6.45, 7) is 2.84. The molecule has 100 valence electrons. The molecular weight excluding hydrogens is 232 g/mol. The maximum Gasteiger partial charge on any atom is 0.269 e. The third-order valence-corrected chi connectivity index (χ3v) is 2.47. The molecule has 0 unspecified atom stereocenters. The number of carbonyl (C=O) groups is 1. The van der Waals surface area contributed by atoms with Crippen molar-refractivity contribution in [3.63, 3.8) is 0 Å². The molecule has 1 amide bonds. The highest BCUT2D eigenvalue weighted by Gasteiger charge is 2.06. The third kappa shape index (κ3) is 5.11. The van der Waals surface area contributed by atoms with Crippen LogP contribution in [0.4, 0.5) is 5.69 Å². The molecule has 6 nitrogen and oxygen atoms in total. The van der Waals surface area contributed by atoms with E-state index in [-0.39, 0.29) is 5.91 Å². The molecule has 0 bridgehead atoms. The SMILES string of the molecule is COCCN(C)CCNC(=O)c1cc(N)ccn1. The quantitative estimate of drug-likeness (QED) is 0.712. The molecule has 0 aliphatic heterocycles. The molecule has 0 aliphatic carbocycles. The third-order valence-electron chi connectivity index (χ3n) is 2.47. The lowest BCUT2D eigenvalue weighted by molar-refractivity contribution is 0.0942. The Balaban J connectivity index is 2.29. The zero-order valence-electron chi connectivity index (χ0n) is 10.8. The number of ether oxygens (including phenoxy) is 1. The molecule has 0 saturated heterocycles. The Morgan fingerprint density at radius 3 is 3.00 bits per heavy atom. The molecule has 1 aromatic heterocycles. The lowest BCUT2D eigenvalue weighted by atomic mass is 10.3. The molecule has 0 fully saturated rings. The van der Waals surface area contributed by atoms with E-state index in [4.69, 9.17) is 10.5 Å². The van der Waals surface area contributed by atoms with Crippen LogP contribution in [-0.2, 0) is 4.74 Å². The van der Waals surface area contributed by atoms with E-state index in [0.29, 0.717) is 24.5 Å². The zero-order chi connectivity index (χ0) is 13.4. The highest BCUT2D eigenvalue weighted by molar-refractivity contribution is 5.92. The summed E-state index contributed by atoms with van der Waals surface area (Å²) in [6.07, 6.45) is 1.52. The number of rotatable bonds is 7. The fourth-order valence-corrected chi connectivity index (χ4v) is 1.38. The number of anilines is 1. The van der Waals surface area contributed by atoms with Gasteiger partial charge in [0.25, 0.3) is 5.91 Å². The summed E-state index contributed by atoms with van der Waals surface area (Å²) in [5.41, 5.74) is 6.46. The normalized spacial score (nSPS) is 10.6. The van der Waals surface area contributed by atoms with Crippen LogP contribution in [0.15, 0.2) is 18.3 Å². The van der Waals surface area contributed by atoms with E-state index in [2.05, 4.69) is 15.2 Å². The van der Waals surface area contributed by atoms with E-state index in [9.17, 15) is 4.79 Å². The van der Waals surface area contributed by atoms with Gasteiger partial charge in [-0.15, -0.1) is 0 Å². The Bertz CT molecular complexity index is 384. The molecule has 0 atom stereocenters. The molecule has 3 N–H and O–H groups in total. The van der Waals surface area contributed by atoms with Gasteiger partial charge in [-0.2, -0.15) is 0 Å². The summed E-state index contributed by atoms with van der Waals surface area (Å²) < 4.78 is 4.97. The minimum Gasteiger partial charge on any atom is -0.399 e. The summed E-state index contributed by atoms with van der Waals surface area (Å²) in [6, 6.07) is 3.21. The Morgan fingerprint density at radius 1 is 1.56 bits per heavy atom. The van der Waals surface area contributed by atoms with Crippen LogP contribution >= 0.6 is 0 Å². The minimum atomic E-state index is -0.206. The topological polar surface area (TPSA) is 80.5 Å². The number of hydrogen-bond donors (Lipinski definition) is 2. The second kappa shape index (κ2) is 7.62. The number of nitrogens with zero attached hydrogens (tertiary/aromatic N) is 2. The summed E-state index contributed by atoms with van der Waals surface area (Å²) in [7, 11) is 3.64. The van der Waals surface area contributed by atoms with E-state index in [0.717, 1.165) is 13.1 Å². The molecule has 1 rings (SSSR count). The van der Waals surface area contributed by atoms with Crippen LogP contribution in [0.3, 0.4) is 0 Å². The second-order valence-electron chi connectivity index (χ2n) is 4.03. The first-order chi connectivity index (χ1) is 8.63. The number of methoxy groups -OCH3 is 1. The van der Waals surface area contributed by atoms with Crippen molar-refractivity contribution in [1.29, 1.82) is 0 Å². The summed E-state index contributed by atoms with van der Waals surface area (Å²) in [5.74, 6) is -0.206. The van der Waals surface area contributed by atoms with Crippen LogP contribution < -0.4 is 11.1 Å². The lowest BCUT2D eigenvalue weighted by Gasteiger charge is -2.16. The van der Waals surface area contributed by atoms with Crippen molar-refractivity contribution in [2.24, 2.45) is 0 Å². The maximum absolute atomic E-state index is 11.7. The monoisotopic (exact) mass is 252 g/mol. The van der Waals surface area contributed by atoms with E-state index in [1.165, 1.54) is 6.20 Å². The minimum absolute atomic E-state index is 0.206. The summed E-state index contributed by atoms with van der Waals surface area (Å²) in [5, 5.41) is 2.79. The predicted octanol–water partition coefficient (Wildman–Crippen LogP) is -0.0282. The number of hydrogen-bond acceptors (Lipinski definition) is 5. The second-order valence-corrected chi connectivity index (χ2v) is 4.03. The van der Waals surface area contributed by atoms with E-state index >= 15 is 0 Å². The van der Waals surface area contributed by atoms with Crippen molar-refractivity contribution in [2.45, 2.75) is 0 Å². The van der Waals surface area contributed by atoms with Gasteiger partial charge < -0.3 is 20.7 Å². The van der Waals surface area contributed by atoms with Crippen LogP contribution in [0.1, 0.15) is 10.5 Å².